The lowest BCUT2D eigenvalue weighted by Gasteiger charge is -2.38. The molecular formula is C22H19FN2O3S. The second-order valence-corrected chi connectivity index (χ2v) is 7.84. The number of esters is 1. The van der Waals surface area contributed by atoms with Gasteiger partial charge in [0.2, 0.25) is 5.91 Å². The highest BCUT2D eigenvalue weighted by Crippen LogP contribution is 2.40. The molecule has 2 aromatic rings. The maximum Gasteiger partial charge on any atom is 0.338 e. The summed E-state index contributed by atoms with van der Waals surface area (Å²) in [5.74, 6) is -0.506. The van der Waals surface area contributed by atoms with Crippen molar-refractivity contribution in [3.63, 3.8) is 0 Å². The molecule has 7 heteroatoms. The maximum atomic E-state index is 14.0. The Balaban J connectivity index is 1.72. The minimum absolute atomic E-state index is 0.103. The van der Waals surface area contributed by atoms with E-state index < -0.39 is 17.8 Å². The lowest BCUT2D eigenvalue weighted by Crippen LogP contribution is -2.45. The van der Waals surface area contributed by atoms with Crippen LogP contribution in [0.3, 0.4) is 0 Å². The first-order chi connectivity index (χ1) is 14.0. The summed E-state index contributed by atoms with van der Waals surface area (Å²) in [4.78, 5) is 31.7. The van der Waals surface area contributed by atoms with E-state index in [4.69, 9.17) is 4.74 Å². The summed E-state index contributed by atoms with van der Waals surface area (Å²) in [6.07, 6.45) is 0.334. The molecule has 0 bridgehead atoms. The quantitative estimate of drug-likeness (QED) is 0.708. The van der Waals surface area contributed by atoms with Gasteiger partial charge >= 0.3 is 5.97 Å². The van der Waals surface area contributed by atoms with Gasteiger partial charge in [-0.05, 0) is 30.2 Å². The van der Waals surface area contributed by atoms with Crippen molar-refractivity contribution in [1.82, 2.24) is 4.90 Å². The van der Waals surface area contributed by atoms with Crippen LogP contribution in [0.4, 0.5) is 4.39 Å². The van der Waals surface area contributed by atoms with E-state index in [-0.39, 0.29) is 18.1 Å². The first-order valence-corrected chi connectivity index (χ1v) is 10.2. The molecule has 1 unspecified atom stereocenters. The van der Waals surface area contributed by atoms with Crippen molar-refractivity contribution < 1.29 is 18.7 Å². The van der Waals surface area contributed by atoms with Crippen LogP contribution in [0.5, 0.6) is 0 Å². The molecule has 2 aliphatic heterocycles. The normalized spacial score (nSPS) is 19.0. The van der Waals surface area contributed by atoms with Gasteiger partial charge in [0, 0.05) is 12.2 Å². The van der Waals surface area contributed by atoms with Gasteiger partial charge < -0.3 is 4.74 Å². The summed E-state index contributed by atoms with van der Waals surface area (Å²) in [7, 11) is 0. The largest absolute Gasteiger partial charge is 0.457 e. The summed E-state index contributed by atoms with van der Waals surface area (Å²) in [6.45, 7) is 1.82. The van der Waals surface area contributed by atoms with Crippen molar-refractivity contribution in [3.05, 3.63) is 82.8 Å². The minimum Gasteiger partial charge on any atom is -0.457 e. The van der Waals surface area contributed by atoms with Gasteiger partial charge in [0.25, 0.3) is 0 Å². The number of fused-ring (bicyclic) bond motifs is 1. The van der Waals surface area contributed by atoms with E-state index in [0.717, 1.165) is 5.56 Å². The molecule has 0 radical (unpaired) electrons. The van der Waals surface area contributed by atoms with Crippen LogP contribution in [0, 0.1) is 5.82 Å². The molecule has 2 heterocycles. The van der Waals surface area contributed by atoms with Gasteiger partial charge in [-0.2, -0.15) is 0 Å². The second kappa shape index (κ2) is 8.21. The molecule has 0 saturated carbocycles. The SMILES string of the molecule is CC1=C(C(=O)OCc2ccccc2)C(c2cccc(F)c2)N2C(=O)CCSC2=N1. The zero-order valence-corrected chi connectivity index (χ0v) is 16.6. The Kier molecular flexibility index (Phi) is 5.49. The molecule has 2 aromatic carbocycles. The van der Waals surface area contributed by atoms with Crippen LogP contribution in [0.1, 0.15) is 30.5 Å². The van der Waals surface area contributed by atoms with Crippen molar-refractivity contribution in [2.24, 2.45) is 4.99 Å². The molecular weight excluding hydrogens is 391 g/mol. The highest BCUT2D eigenvalue weighted by atomic mass is 32.2. The number of aliphatic imine (C=N–C) groups is 1. The molecule has 29 heavy (non-hydrogen) atoms. The van der Waals surface area contributed by atoms with Crippen LogP contribution in [-0.4, -0.2) is 27.7 Å². The number of hydrogen-bond acceptors (Lipinski definition) is 5. The van der Waals surface area contributed by atoms with Gasteiger partial charge in [-0.3, -0.25) is 9.69 Å². The Labute approximate surface area is 172 Å². The molecule has 1 atom stereocenters. The summed E-state index contributed by atoms with van der Waals surface area (Å²) >= 11 is 1.46. The number of ether oxygens (including phenoxy) is 1. The first-order valence-electron chi connectivity index (χ1n) is 9.25. The first kappa shape index (κ1) is 19.4. The number of carbonyl (C=O) groups is 2. The number of nitrogens with zero attached hydrogens (tertiary/aromatic N) is 2. The van der Waals surface area contributed by atoms with Crippen LogP contribution in [0.25, 0.3) is 0 Å². The number of amidine groups is 1. The highest BCUT2D eigenvalue weighted by Gasteiger charge is 2.41. The van der Waals surface area contributed by atoms with Crippen LogP contribution in [0.15, 0.2) is 70.9 Å². The number of halogens is 1. The van der Waals surface area contributed by atoms with Crippen LogP contribution >= 0.6 is 11.8 Å². The van der Waals surface area contributed by atoms with E-state index in [1.54, 1.807) is 19.1 Å². The zero-order valence-electron chi connectivity index (χ0n) is 15.8. The average molecular weight is 410 g/mol. The van der Waals surface area contributed by atoms with Crippen molar-refractivity contribution in [1.29, 1.82) is 0 Å². The lowest BCUT2D eigenvalue weighted by atomic mass is 9.94. The van der Waals surface area contributed by atoms with E-state index in [1.807, 2.05) is 30.3 Å². The summed E-state index contributed by atoms with van der Waals surface area (Å²) < 4.78 is 19.5. The van der Waals surface area contributed by atoms with Gasteiger partial charge in [0.05, 0.1) is 17.3 Å². The number of rotatable bonds is 4. The second-order valence-electron chi connectivity index (χ2n) is 6.77. The monoisotopic (exact) mass is 410 g/mol. The topological polar surface area (TPSA) is 59.0 Å². The smallest absolute Gasteiger partial charge is 0.338 e. The molecule has 0 spiro atoms. The van der Waals surface area contributed by atoms with Crippen molar-refractivity contribution in [2.75, 3.05) is 5.75 Å². The number of allylic oxidation sites excluding steroid dienone is 1. The third kappa shape index (κ3) is 3.96. The van der Waals surface area contributed by atoms with E-state index >= 15 is 0 Å². The van der Waals surface area contributed by atoms with Gasteiger partial charge in [-0.1, -0.05) is 54.2 Å². The number of thioether (sulfide) groups is 1. The third-order valence-corrected chi connectivity index (χ3v) is 5.76. The van der Waals surface area contributed by atoms with Crippen molar-refractivity contribution >= 4 is 28.8 Å². The van der Waals surface area contributed by atoms with Crippen LogP contribution in [-0.2, 0) is 20.9 Å². The molecule has 0 N–H and O–H groups in total. The van der Waals surface area contributed by atoms with E-state index in [1.165, 1.54) is 28.8 Å². The molecule has 1 fully saturated rings. The predicted molar refractivity (Wildman–Crippen MR) is 109 cm³/mol. The number of amides is 1. The van der Waals surface area contributed by atoms with Crippen LogP contribution < -0.4 is 0 Å². The minimum atomic E-state index is -0.762. The standard InChI is InChI=1S/C22H19FN2O3S/c1-14-19(21(27)28-13-15-6-3-2-4-7-15)20(16-8-5-9-17(23)12-16)25-18(26)10-11-29-22(25)24-14/h2-9,12,20H,10-11,13H2,1H3. The van der Waals surface area contributed by atoms with E-state index in [0.29, 0.717) is 28.6 Å². The molecule has 148 valence electrons. The Hall–Kier alpha value is -2.93. The predicted octanol–water partition coefficient (Wildman–Crippen LogP) is 4.22. The van der Waals surface area contributed by atoms with Crippen molar-refractivity contribution in [3.8, 4) is 0 Å². The highest BCUT2D eigenvalue weighted by molar-refractivity contribution is 8.14. The Bertz CT molecular complexity index is 1020. The number of hydrogen-bond donors (Lipinski definition) is 0. The molecule has 2 aliphatic rings. The molecule has 5 nitrogen and oxygen atoms in total. The fraction of sp³-hybridized carbons (Fsp3) is 0.227. The molecule has 4 rings (SSSR count). The Morgan fingerprint density at radius 3 is 2.79 bits per heavy atom. The fourth-order valence-electron chi connectivity index (χ4n) is 3.45. The number of benzene rings is 2. The van der Waals surface area contributed by atoms with Gasteiger partial charge in [-0.15, -0.1) is 0 Å². The summed E-state index contributed by atoms with van der Waals surface area (Å²) in [5, 5.41) is 0.535. The average Bonchev–Trinajstić information content (AvgIpc) is 2.72. The molecule has 1 saturated heterocycles. The molecule has 1 amide bonds. The van der Waals surface area contributed by atoms with Crippen molar-refractivity contribution in [2.45, 2.75) is 26.0 Å². The van der Waals surface area contributed by atoms with Crippen LogP contribution in [0.2, 0.25) is 0 Å². The number of carbonyl (C=O) groups excluding carboxylic acids is 2. The molecule has 0 aliphatic carbocycles. The van der Waals surface area contributed by atoms with E-state index in [9.17, 15) is 14.0 Å². The third-order valence-electron chi connectivity index (χ3n) is 4.80. The Morgan fingerprint density at radius 2 is 2.03 bits per heavy atom. The summed E-state index contributed by atoms with van der Waals surface area (Å²) in [5.41, 5.74) is 2.10. The zero-order chi connectivity index (χ0) is 20.4. The molecule has 0 aromatic heterocycles. The Morgan fingerprint density at radius 1 is 1.24 bits per heavy atom. The maximum absolute atomic E-state index is 14.0. The van der Waals surface area contributed by atoms with Gasteiger partial charge in [0.15, 0.2) is 5.17 Å². The van der Waals surface area contributed by atoms with Gasteiger partial charge in [-0.25, -0.2) is 14.2 Å². The summed E-state index contributed by atoms with van der Waals surface area (Å²) in [6, 6.07) is 14.5. The lowest BCUT2D eigenvalue weighted by molar-refractivity contribution is -0.141. The fourth-order valence-corrected chi connectivity index (χ4v) is 4.46. The van der Waals surface area contributed by atoms with E-state index in [2.05, 4.69) is 4.99 Å². The van der Waals surface area contributed by atoms with Gasteiger partial charge in [0.1, 0.15) is 12.4 Å².